The van der Waals surface area contributed by atoms with Gasteiger partial charge in [0.2, 0.25) is 0 Å². The number of amides is 2. The summed E-state index contributed by atoms with van der Waals surface area (Å²) in [5, 5.41) is 8.90. The maximum absolute atomic E-state index is 11.6. The van der Waals surface area contributed by atoms with Crippen LogP contribution in [0.1, 0.15) is 31.4 Å². The van der Waals surface area contributed by atoms with E-state index >= 15 is 0 Å². The van der Waals surface area contributed by atoms with Crippen LogP contribution in [0.3, 0.4) is 0 Å². The third-order valence-corrected chi connectivity index (χ3v) is 3.35. The van der Waals surface area contributed by atoms with Crippen LogP contribution < -0.4 is 16.0 Å². The summed E-state index contributed by atoms with van der Waals surface area (Å²) in [7, 11) is 1.93. The van der Waals surface area contributed by atoms with Crippen LogP contribution in [0.5, 0.6) is 0 Å². The van der Waals surface area contributed by atoms with Crippen molar-refractivity contribution in [2.75, 3.05) is 18.9 Å². The Bertz CT molecular complexity index is 398. The third kappa shape index (κ3) is 3.74. The molecule has 1 aromatic carbocycles. The van der Waals surface area contributed by atoms with Crippen LogP contribution in [0.25, 0.3) is 0 Å². The Morgan fingerprint density at radius 1 is 1.33 bits per heavy atom. The first kappa shape index (κ1) is 12.9. The maximum atomic E-state index is 11.6. The number of carbonyl (C=O) groups excluding carboxylic acids is 1. The molecule has 0 saturated heterocycles. The first-order valence-electron chi connectivity index (χ1n) is 6.51. The monoisotopic (exact) mass is 247 g/mol. The molecule has 1 unspecified atom stereocenters. The lowest BCUT2D eigenvalue weighted by atomic mass is 10.1. The largest absolute Gasteiger partial charge is 0.338 e. The Morgan fingerprint density at radius 2 is 2.00 bits per heavy atom. The Hall–Kier alpha value is -1.55. The van der Waals surface area contributed by atoms with Gasteiger partial charge in [-0.3, -0.25) is 0 Å². The molecule has 18 heavy (non-hydrogen) atoms. The summed E-state index contributed by atoms with van der Waals surface area (Å²) in [4.78, 5) is 11.6. The average molecular weight is 247 g/mol. The van der Waals surface area contributed by atoms with Crippen LogP contribution in [-0.2, 0) is 0 Å². The maximum Gasteiger partial charge on any atom is 0.319 e. The fourth-order valence-corrected chi connectivity index (χ4v) is 1.76. The fourth-order valence-electron chi connectivity index (χ4n) is 1.76. The van der Waals surface area contributed by atoms with Crippen molar-refractivity contribution >= 4 is 11.7 Å². The highest BCUT2D eigenvalue weighted by Gasteiger charge is 2.21. The molecule has 0 heterocycles. The van der Waals surface area contributed by atoms with E-state index in [1.165, 1.54) is 18.4 Å². The molecule has 0 aliphatic heterocycles. The highest BCUT2D eigenvalue weighted by atomic mass is 16.2. The molecule has 2 amide bonds. The smallest absolute Gasteiger partial charge is 0.319 e. The highest BCUT2D eigenvalue weighted by molar-refractivity contribution is 5.89. The van der Waals surface area contributed by atoms with Crippen LogP contribution in [0.4, 0.5) is 10.5 Å². The van der Waals surface area contributed by atoms with Gasteiger partial charge in [0.1, 0.15) is 0 Å². The van der Waals surface area contributed by atoms with Crippen molar-refractivity contribution in [1.29, 1.82) is 0 Å². The summed E-state index contributed by atoms with van der Waals surface area (Å²) in [5.41, 5.74) is 2.04. The minimum Gasteiger partial charge on any atom is -0.338 e. The zero-order valence-corrected chi connectivity index (χ0v) is 11.0. The van der Waals surface area contributed by atoms with Gasteiger partial charge in [0.15, 0.2) is 0 Å². The number of anilines is 1. The molecule has 1 atom stereocenters. The molecule has 1 aliphatic rings. The van der Waals surface area contributed by atoms with Crippen LogP contribution in [-0.4, -0.2) is 19.6 Å². The molecule has 1 aromatic rings. The standard InChI is InChI=1S/C14H21N3O/c1-10(15-2)12-5-7-13(8-6-12)17-14(18)16-9-11-3-4-11/h5-8,10-11,15H,3-4,9H2,1-2H3,(H2,16,17,18). The van der Waals surface area contributed by atoms with Gasteiger partial charge in [-0.05, 0) is 50.4 Å². The van der Waals surface area contributed by atoms with E-state index in [-0.39, 0.29) is 6.03 Å². The van der Waals surface area contributed by atoms with E-state index in [2.05, 4.69) is 22.9 Å². The molecule has 0 bridgehead atoms. The zero-order valence-electron chi connectivity index (χ0n) is 11.0. The molecule has 0 aromatic heterocycles. The molecule has 1 aliphatic carbocycles. The zero-order chi connectivity index (χ0) is 13.0. The quantitative estimate of drug-likeness (QED) is 0.748. The predicted molar refractivity (Wildman–Crippen MR) is 73.7 cm³/mol. The SMILES string of the molecule is CNC(C)c1ccc(NC(=O)NCC2CC2)cc1. The van der Waals surface area contributed by atoms with E-state index in [4.69, 9.17) is 0 Å². The van der Waals surface area contributed by atoms with Crippen molar-refractivity contribution in [1.82, 2.24) is 10.6 Å². The van der Waals surface area contributed by atoms with Gasteiger partial charge in [0.05, 0.1) is 0 Å². The second-order valence-electron chi connectivity index (χ2n) is 4.91. The number of carbonyl (C=O) groups is 1. The van der Waals surface area contributed by atoms with Gasteiger partial charge < -0.3 is 16.0 Å². The molecular weight excluding hydrogens is 226 g/mol. The summed E-state index contributed by atoms with van der Waals surface area (Å²) < 4.78 is 0. The summed E-state index contributed by atoms with van der Waals surface area (Å²) in [6.07, 6.45) is 2.49. The number of nitrogens with one attached hydrogen (secondary N) is 3. The Labute approximate surface area is 108 Å². The average Bonchev–Trinajstić information content (AvgIpc) is 3.20. The van der Waals surface area contributed by atoms with Crippen molar-refractivity contribution in [2.24, 2.45) is 5.92 Å². The molecule has 4 nitrogen and oxygen atoms in total. The molecule has 98 valence electrons. The Kier molecular flexibility index (Phi) is 4.20. The number of hydrogen-bond donors (Lipinski definition) is 3. The summed E-state index contributed by atoms with van der Waals surface area (Å²) >= 11 is 0. The van der Waals surface area contributed by atoms with Gasteiger partial charge in [-0.2, -0.15) is 0 Å². The molecule has 0 spiro atoms. The van der Waals surface area contributed by atoms with Crippen LogP contribution in [0.15, 0.2) is 24.3 Å². The van der Waals surface area contributed by atoms with Gasteiger partial charge >= 0.3 is 6.03 Å². The molecule has 3 N–H and O–H groups in total. The molecule has 1 saturated carbocycles. The fraction of sp³-hybridized carbons (Fsp3) is 0.500. The van der Waals surface area contributed by atoms with Gasteiger partial charge in [-0.15, -0.1) is 0 Å². The lowest BCUT2D eigenvalue weighted by molar-refractivity contribution is 0.251. The van der Waals surface area contributed by atoms with Crippen molar-refractivity contribution in [3.63, 3.8) is 0 Å². The first-order chi connectivity index (χ1) is 8.69. The predicted octanol–water partition coefficient (Wildman–Crippen LogP) is 2.50. The first-order valence-corrected chi connectivity index (χ1v) is 6.51. The van der Waals surface area contributed by atoms with E-state index < -0.39 is 0 Å². The number of hydrogen-bond acceptors (Lipinski definition) is 2. The van der Waals surface area contributed by atoms with Gasteiger partial charge in [0.25, 0.3) is 0 Å². The topological polar surface area (TPSA) is 53.2 Å². The van der Waals surface area contributed by atoms with E-state index in [9.17, 15) is 4.79 Å². The molecule has 1 fully saturated rings. The Balaban J connectivity index is 1.82. The van der Waals surface area contributed by atoms with Gasteiger partial charge in [0, 0.05) is 18.3 Å². The lowest BCUT2D eigenvalue weighted by Crippen LogP contribution is -2.30. The molecule has 2 rings (SSSR count). The van der Waals surface area contributed by atoms with Crippen molar-refractivity contribution in [2.45, 2.75) is 25.8 Å². The lowest BCUT2D eigenvalue weighted by Gasteiger charge is -2.12. The van der Waals surface area contributed by atoms with Crippen LogP contribution >= 0.6 is 0 Å². The van der Waals surface area contributed by atoms with Crippen LogP contribution in [0, 0.1) is 5.92 Å². The second-order valence-corrected chi connectivity index (χ2v) is 4.91. The van der Waals surface area contributed by atoms with Gasteiger partial charge in [-0.1, -0.05) is 12.1 Å². The molecular formula is C14H21N3O. The number of urea groups is 1. The van der Waals surface area contributed by atoms with E-state index in [0.717, 1.165) is 12.2 Å². The molecule has 4 heteroatoms. The second kappa shape index (κ2) is 5.87. The summed E-state index contributed by atoms with van der Waals surface area (Å²) in [5.74, 6) is 0.703. The normalized spacial score (nSPS) is 16.1. The van der Waals surface area contributed by atoms with Crippen molar-refractivity contribution in [3.8, 4) is 0 Å². The van der Waals surface area contributed by atoms with E-state index in [0.29, 0.717) is 12.0 Å². The van der Waals surface area contributed by atoms with Crippen LogP contribution in [0.2, 0.25) is 0 Å². The molecule has 0 radical (unpaired) electrons. The number of rotatable bonds is 5. The van der Waals surface area contributed by atoms with Crippen molar-refractivity contribution < 1.29 is 4.79 Å². The minimum absolute atomic E-state index is 0.115. The van der Waals surface area contributed by atoms with E-state index in [1.54, 1.807) is 0 Å². The minimum atomic E-state index is -0.115. The third-order valence-electron chi connectivity index (χ3n) is 3.35. The van der Waals surface area contributed by atoms with Crippen molar-refractivity contribution in [3.05, 3.63) is 29.8 Å². The number of benzene rings is 1. The Morgan fingerprint density at radius 3 is 2.56 bits per heavy atom. The summed E-state index contributed by atoms with van der Waals surface area (Å²) in [6, 6.07) is 8.12. The van der Waals surface area contributed by atoms with E-state index in [1.807, 2.05) is 31.3 Å². The van der Waals surface area contributed by atoms with Gasteiger partial charge in [-0.25, -0.2) is 4.79 Å². The summed E-state index contributed by atoms with van der Waals surface area (Å²) in [6.45, 7) is 2.89. The highest BCUT2D eigenvalue weighted by Crippen LogP contribution is 2.27.